The molecule has 114 valence electrons. The Morgan fingerprint density at radius 3 is 2.55 bits per heavy atom. The molecular weight excluding hydrogens is 276 g/mol. The minimum absolute atomic E-state index is 0.271. The van der Waals surface area contributed by atoms with Gasteiger partial charge in [0, 0.05) is 0 Å². The average molecular weight is 296 g/mol. The molecule has 3 nitrogen and oxygen atoms in total. The zero-order valence-electron chi connectivity index (χ0n) is 12.9. The van der Waals surface area contributed by atoms with E-state index < -0.39 is 5.97 Å². The maximum atomic E-state index is 11.5. The van der Waals surface area contributed by atoms with E-state index in [0.717, 1.165) is 23.3 Å². The van der Waals surface area contributed by atoms with E-state index in [2.05, 4.69) is 0 Å². The molecule has 0 aliphatic heterocycles. The number of ether oxygens (including phenoxy) is 1. The summed E-state index contributed by atoms with van der Waals surface area (Å²) < 4.78 is 5.58. The van der Waals surface area contributed by atoms with Gasteiger partial charge in [-0.25, -0.2) is 4.79 Å². The van der Waals surface area contributed by atoms with Crippen LogP contribution in [0.4, 0.5) is 0 Å². The van der Waals surface area contributed by atoms with Gasteiger partial charge < -0.3 is 9.84 Å². The van der Waals surface area contributed by atoms with Gasteiger partial charge in [-0.3, -0.25) is 0 Å². The molecular formula is C19H20O3. The Hall–Kier alpha value is -2.55. The van der Waals surface area contributed by atoms with E-state index in [-0.39, 0.29) is 5.57 Å². The van der Waals surface area contributed by atoms with Crippen molar-refractivity contribution in [3.63, 3.8) is 0 Å². The first-order valence-corrected chi connectivity index (χ1v) is 7.35. The van der Waals surface area contributed by atoms with Crippen LogP contribution in [0.1, 0.15) is 30.0 Å². The highest BCUT2D eigenvalue weighted by Crippen LogP contribution is 2.22. The molecule has 0 amide bonds. The van der Waals surface area contributed by atoms with Crippen molar-refractivity contribution in [1.29, 1.82) is 0 Å². The molecule has 2 aromatic rings. The lowest BCUT2D eigenvalue weighted by atomic mass is 10.0. The fourth-order valence-corrected chi connectivity index (χ4v) is 2.08. The molecule has 0 aliphatic rings. The monoisotopic (exact) mass is 296 g/mol. The highest BCUT2D eigenvalue weighted by molar-refractivity contribution is 6.20. The van der Waals surface area contributed by atoms with Gasteiger partial charge in [-0.1, -0.05) is 48.9 Å². The predicted molar refractivity (Wildman–Crippen MR) is 88.9 cm³/mol. The fraction of sp³-hybridized carbons (Fsp3) is 0.211. The molecule has 0 radical (unpaired) electrons. The van der Waals surface area contributed by atoms with Crippen LogP contribution in [0.5, 0.6) is 5.75 Å². The predicted octanol–water partition coefficient (Wildman–Crippen LogP) is 4.41. The number of carboxylic acids is 1. The molecule has 0 fully saturated rings. The quantitative estimate of drug-likeness (QED) is 0.634. The van der Waals surface area contributed by atoms with E-state index in [1.54, 1.807) is 6.08 Å². The molecule has 22 heavy (non-hydrogen) atoms. The molecule has 0 heterocycles. The van der Waals surface area contributed by atoms with Crippen molar-refractivity contribution >= 4 is 17.6 Å². The Kier molecular flexibility index (Phi) is 5.37. The molecule has 2 aromatic carbocycles. The first-order chi connectivity index (χ1) is 10.6. The van der Waals surface area contributed by atoms with Crippen molar-refractivity contribution in [3.8, 4) is 5.75 Å². The Morgan fingerprint density at radius 2 is 1.91 bits per heavy atom. The standard InChI is InChI=1S/C19H20O3/c1-3-11-22-17-6-4-5-15(12-17)13-18(19(20)21)16-9-7-14(2)8-10-16/h4-10,12-13H,3,11H2,1-2H3,(H,20,21)/b18-13-. The minimum Gasteiger partial charge on any atom is -0.494 e. The average Bonchev–Trinajstić information content (AvgIpc) is 2.52. The van der Waals surface area contributed by atoms with Gasteiger partial charge in [0.25, 0.3) is 0 Å². The van der Waals surface area contributed by atoms with Crippen LogP contribution < -0.4 is 4.74 Å². The molecule has 0 unspecified atom stereocenters. The van der Waals surface area contributed by atoms with Gasteiger partial charge in [-0.15, -0.1) is 0 Å². The number of hydrogen-bond donors (Lipinski definition) is 1. The van der Waals surface area contributed by atoms with Crippen LogP contribution in [0.2, 0.25) is 0 Å². The number of carboxylic acid groups (broad SMARTS) is 1. The number of rotatable bonds is 6. The minimum atomic E-state index is -0.941. The lowest BCUT2D eigenvalue weighted by Crippen LogP contribution is -2.00. The smallest absolute Gasteiger partial charge is 0.336 e. The van der Waals surface area contributed by atoms with E-state index in [9.17, 15) is 9.90 Å². The highest BCUT2D eigenvalue weighted by atomic mass is 16.5. The van der Waals surface area contributed by atoms with Crippen LogP contribution in [0.3, 0.4) is 0 Å². The number of carbonyl (C=O) groups is 1. The van der Waals surface area contributed by atoms with Crippen molar-refractivity contribution in [2.45, 2.75) is 20.3 Å². The first-order valence-electron chi connectivity index (χ1n) is 7.35. The Balaban J connectivity index is 2.34. The number of aryl methyl sites for hydroxylation is 1. The molecule has 0 spiro atoms. The van der Waals surface area contributed by atoms with Crippen LogP contribution in [0, 0.1) is 6.92 Å². The Labute approximate surface area is 130 Å². The van der Waals surface area contributed by atoms with Crippen molar-refractivity contribution in [2.24, 2.45) is 0 Å². The molecule has 0 saturated heterocycles. The maximum Gasteiger partial charge on any atom is 0.336 e. The van der Waals surface area contributed by atoms with E-state index in [4.69, 9.17) is 4.74 Å². The van der Waals surface area contributed by atoms with E-state index in [1.165, 1.54) is 0 Å². The second-order valence-electron chi connectivity index (χ2n) is 5.15. The van der Waals surface area contributed by atoms with Gasteiger partial charge in [-0.2, -0.15) is 0 Å². The van der Waals surface area contributed by atoms with Gasteiger partial charge in [0.2, 0.25) is 0 Å². The van der Waals surface area contributed by atoms with E-state index >= 15 is 0 Å². The second kappa shape index (κ2) is 7.46. The highest BCUT2D eigenvalue weighted by Gasteiger charge is 2.10. The second-order valence-corrected chi connectivity index (χ2v) is 5.15. The van der Waals surface area contributed by atoms with Crippen LogP contribution in [-0.2, 0) is 4.79 Å². The summed E-state index contributed by atoms with van der Waals surface area (Å²) in [6, 6.07) is 14.9. The maximum absolute atomic E-state index is 11.5. The summed E-state index contributed by atoms with van der Waals surface area (Å²) >= 11 is 0. The van der Waals surface area contributed by atoms with Crippen LogP contribution in [0.15, 0.2) is 48.5 Å². The van der Waals surface area contributed by atoms with Crippen LogP contribution in [-0.4, -0.2) is 17.7 Å². The van der Waals surface area contributed by atoms with Crippen molar-refractivity contribution in [2.75, 3.05) is 6.61 Å². The lowest BCUT2D eigenvalue weighted by Gasteiger charge is -2.07. The van der Waals surface area contributed by atoms with E-state index in [0.29, 0.717) is 12.2 Å². The normalized spacial score (nSPS) is 11.3. The van der Waals surface area contributed by atoms with Crippen molar-refractivity contribution in [1.82, 2.24) is 0 Å². The molecule has 1 N–H and O–H groups in total. The van der Waals surface area contributed by atoms with Crippen LogP contribution >= 0.6 is 0 Å². The topological polar surface area (TPSA) is 46.5 Å². The van der Waals surface area contributed by atoms with E-state index in [1.807, 2.05) is 62.4 Å². The fourth-order valence-electron chi connectivity index (χ4n) is 2.08. The summed E-state index contributed by atoms with van der Waals surface area (Å²) in [6.45, 7) is 4.67. The third kappa shape index (κ3) is 4.22. The zero-order valence-corrected chi connectivity index (χ0v) is 12.9. The third-order valence-corrected chi connectivity index (χ3v) is 3.23. The Morgan fingerprint density at radius 1 is 1.18 bits per heavy atom. The SMILES string of the molecule is CCCOc1cccc(/C=C(\C(=O)O)c2ccc(C)cc2)c1. The number of benzene rings is 2. The molecule has 2 rings (SSSR count). The molecule has 0 atom stereocenters. The van der Waals surface area contributed by atoms with Gasteiger partial charge >= 0.3 is 5.97 Å². The first kappa shape index (κ1) is 15.8. The van der Waals surface area contributed by atoms with Gasteiger partial charge in [-0.05, 0) is 42.7 Å². The molecule has 0 aromatic heterocycles. The van der Waals surface area contributed by atoms with Gasteiger partial charge in [0.05, 0.1) is 12.2 Å². The van der Waals surface area contributed by atoms with Crippen LogP contribution in [0.25, 0.3) is 11.6 Å². The Bertz CT molecular complexity index is 669. The third-order valence-electron chi connectivity index (χ3n) is 3.23. The summed E-state index contributed by atoms with van der Waals surface area (Å²) in [4.78, 5) is 11.5. The van der Waals surface area contributed by atoms with Gasteiger partial charge in [0.1, 0.15) is 5.75 Å². The number of hydrogen-bond acceptors (Lipinski definition) is 2. The summed E-state index contributed by atoms with van der Waals surface area (Å²) in [6.07, 6.45) is 2.61. The molecule has 0 aliphatic carbocycles. The zero-order chi connectivity index (χ0) is 15.9. The molecule has 0 bridgehead atoms. The largest absolute Gasteiger partial charge is 0.494 e. The summed E-state index contributed by atoms with van der Waals surface area (Å²) in [7, 11) is 0. The lowest BCUT2D eigenvalue weighted by molar-refractivity contribution is -0.130. The van der Waals surface area contributed by atoms with Gasteiger partial charge in [0.15, 0.2) is 0 Å². The number of aliphatic carboxylic acids is 1. The molecule has 3 heteroatoms. The van der Waals surface area contributed by atoms with Crippen molar-refractivity contribution < 1.29 is 14.6 Å². The summed E-state index contributed by atoms with van der Waals surface area (Å²) in [5.74, 6) is -0.187. The summed E-state index contributed by atoms with van der Waals surface area (Å²) in [5, 5.41) is 9.47. The summed E-state index contributed by atoms with van der Waals surface area (Å²) in [5.41, 5.74) is 2.88. The van der Waals surface area contributed by atoms with Crippen molar-refractivity contribution in [3.05, 3.63) is 65.2 Å². The molecule has 0 saturated carbocycles.